The van der Waals surface area contributed by atoms with Crippen molar-refractivity contribution in [2.24, 2.45) is 0 Å². The van der Waals surface area contributed by atoms with Gasteiger partial charge in [0.05, 0.1) is 17.2 Å². The van der Waals surface area contributed by atoms with E-state index in [0.717, 1.165) is 33.4 Å². The minimum Gasteiger partial charge on any atom is -0.192 e. The summed E-state index contributed by atoms with van der Waals surface area (Å²) in [5.41, 5.74) is 6.80. The second kappa shape index (κ2) is 9.68. The van der Waals surface area contributed by atoms with Crippen molar-refractivity contribution in [3.8, 4) is 45.5 Å². The first kappa shape index (κ1) is 24.5. The van der Waals surface area contributed by atoms with Crippen LogP contribution in [0.5, 0.6) is 0 Å². The fourth-order valence-electron chi connectivity index (χ4n) is 6.03. The largest absolute Gasteiger partial charge is 0.192 e. The third-order valence-corrected chi connectivity index (χ3v) is 10.3. The Hall–Kier alpha value is -5.26. The zero-order chi connectivity index (χ0) is 28.2. The fourth-order valence-corrected chi connectivity index (χ4v) is 8.20. The Morgan fingerprint density at radius 1 is 0.429 bits per heavy atom. The molecule has 8 aromatic rings. The third-order valence-electron chi connectivity index (χ3n) is 7.97. The van der Waals surface area contributed by atoms with Crippen LogP contribution in [0, 0.1) is 22.7 Å². The molecule has 0 saturated carbocycles. The van der Waals surface area contributed by atoms with Crippen molar-refractivity contribution in [3.05, 3.63) is 132 Å². The van der Waals surface area contributed by atoms with Crippen LogP contribution >= 0.6 is 22.7 Å². The number of hydrogen-bond acceptors (Lipinski definition) is 4. The molecule has 0 bridgehead atoms. The maximum absolute atomic E-state index is 10.7. The van der Waals surface area contributed by atoms with E-state index in [4.69, 9.17) is 0 Å². The van der Waals surface area contributed by atoms with Gasteiger partial charge in [-0.1, -0.05) is 72.8 Å². The predicted molar refractivity (Wildman–Crippen MR) is 178 cm³/mol. The van der Waals surface area contributed by atoms with E-state index in [1.165, 1.54) is 40.3 Å². The van der Waals surface area contributed by atoms with Crippen molar-refractivity contribution in [3.63, 3.8) is 0 Å². The molecule has 0 aliphatic carbocycles. The number of benzene rings is 6. The van der Waals surface area contributed by atoms with Crippen molar-refractivity contribution >= 4 is 63.0 Å². The molecule has 2 aromatic heterocycles. The predicted octanol–water partition coefficient (Wildman–Crippen LogP) is 11.2. The molecule has 0 fully saturated rings. The lowest BCUT2D eigenvalue weighted by atomic mass is 9.85. The second-order valence-electron chi connectivity index (χ2n) is 10.3. The summed E-state index contributed by atoms with van der Waals surface area (Å²) < 4.78 is 4.98. The van der Waals surface area contributed by atoms with E-state index < -0.39 is 0 Å². The third kappa shape index (κ3) is 3.82. The van der Waals surface area contributed by atoms with Gasteiger partial charge in [-0.25, -0.2) is 0 Å². The smallest absolute Gasteiger partial charge is 0.100 e. The van der Waals surface area contributed by atoms with Gasteiger partial charge in [-0.05, 0) is 70.8 Å². The van der Waals surface area contributed by atoms with Crippen LogP contribution < -0.4 is 0 Å². The van der Waals surface area contributed by atoms with E-state index in [9.17, 15) is 10.5 Å². The second-order valence-corrected chi connectivity index (χ2v) is 12.5. The van der Waals surface area contributed by atoms with Crippen molar-refractivity contribution < 1.29 is 0 Å². The Morgan fingerprint density at radius 3 is 1.62 bits per heavy atom. The molecular formula is C38H20N2S2. The van der Waals surface area contributed by atoms with Gasteiger partial charge in [0.15, 0.2) is 0 Å². The Labute approximate surface area is 250 Å². The molecule has 0 atom stereocenters. The summed E-state index contributed by atoms with van der Waals surface area (Å²) in [5, 5.41) is 25.3. The molecule has 42 heavy (non-hydrogen) atoms. The molecule has 4 heteroatoms. The number of nitriles is 2. The number of thiophene rings is 2. The molecule has 0 saturated heterocycles. The Bertz CT molecular complexity index is 2450. The van der Waals surface area contributed by atoms with Gasteiger partial charge >= 0.3 is 0 Å². The first-order chi connectivity index (χ1) is 20.7. The fraction of sp³-hybridized carbons (Fsp3) is 0. The Balaban J connectivity index is 1.40. The molecule has 8 rings (SSSR count). The number of fused-ring (bicyclic) bond motifs is 6. The Kier molecular flexibility index (Phi) is 5.66. The van der Waals surface area contributed by atoms with Gasteiger partial charge in [0.1, 0.15) is 6.07 Å². The molecule has 2 heterocycles. The molecule has 6 aromatic carbocycles. The van der Waals surface area contributed by atoms with Crippen LogP contribution in [0.3, 0.4) is 0 Å². The highest BCUT2D eigenvalue weighted by Crippen LogP contribution is 2.44. The van der Waals surface area contributed by atoms with Gasteiger partial charge in [0.25, 0.3) is 0 Å². The standard InChI is InChI=1S/C38H20N2S2/c39-21-23-6-5-7-26(18-23)38-28(25-13-17-37-32(20-25)30-9-2-4-11-35(30)42-37)15-14-27(33(38)22-40)24-12-16-36-31(19-24)29-8-1-3-10-34(29)41-36/h1-20H. The maximum atomic E-state index is 10.7. The molecule has 194 valence electrons. The zero-order valence-corrected chi connectivity index (χ0v) is 23.9. The van der Waals surface area contributed by atoms with Gasteiger partial charge < -0.3 is 0 Å². The molecule has 0 spiro atoms. The van der Waals surface area contributed by atoms with Crippen LogP contribution in [0.1, 0.15) is 11.1 Å². The summed E-state index contributed by atoms with van der Waals surface area (Å²) in [6.45, 7) is 0. The summed E-state index contributed by atoms with van der Waals surface area (Å²) >= 11 is 3.58. The molecule has 2 nitrogen and oxygen atoms in total. The maximum Gasteiger partial charge on any atom is 0.100 e. The van der Waals surface area contributed by atoms with E-state index in [2.05, 4.69) is 109 Å². The van der Waals surface area contributed by atoms with E-state index in [1.54, 1.807) is 28.7 Å². The molecule has 0 aliphatic rings. The molecule has 0 radical (unpaired) electrons. The van der Waals surface area contributed by atoms with Crippen molar-refractivity contribution in [2.75, 3.05) is 0 Å². The van der Waals surface area contributed by atoms with Gasteiger partial charge in [-0.3, -0.25) is 0 Å². The molecular weight excluding hydrogens is 549 g/mol. The highest BCUT2D eigenvalue weighted by Gasteiger charge is 2.19. The van der Waals surface area contributed by atoms with Crippen molar-refractivity contribution in [1.82, 2.24) is 0 Å². The first-order valence-electron chi connectivity index (χ1n) is 13.6. The average molecular weight is 569 g/mol. The van der Waals surface area contributed by atoms with Gasteiger partial charge in [-0.15, -0.1) is 22.7 Å². The molecule has 0 amide bonds. The highest BCUT2D eigenvalue weighted by molar-refractivity contribution is 7.26. The van der Waals surface area contributed by atoms with Crippen LogP contribution in [0.2, 0.25) is 0 Å². The normalized spacial score (nSPS) is 11.3. The van der Waals surface area contributed by atoms with Crippen LogP contribution in [0.25, 0.3) is 73.7 Å². The van der Waals surface area contributed by atoms with Crippen molar-refractivity contribution in [2.45, 2.75) is 0 Å². The van der Waals surface area contributed by atoms with Gasteiger partial charge in [-0.2, -0.15) is 10.5 Å². The SMILES string of the molecule is N#Cc1cccc(-c2c(-c3ccc4sc5ccccc5c4c3)ccc(-c3ccc4sc5ccccc5c4c3)c2C#N)c1. The lowest BCUT2D eigenvalue weighted by molar-refractivity contribution is 1.46. The first-order valence-corrected chi connectivity index (χ1v) is 15.3. The summed E-state index contributed by atoms with van der Waals surface area (Å²) in [6.07, 6.45) is 0. The van der Waals surface area contributed by atoms with Gasteiger partial charge in [0, 0.05) is 51.5 Å². The monoisotopic (exact) mass is 568 g/mol. The topological polar surface area (TPSA) is 47.6 Å². The highest BCUT2D eigenvalue weighted by atomic mass is 32.1. The van der Waals surface area contributed by atoms with E-state index >= 15 is 0 Å². The lowest BCUT2D eigenvalue weighted by Gasteiger charge is -2.17. The zero-order valence-electron chi connectivity index (χ0n) is 22.3. The quantitative estimate of drug-likeness (QED) is 0.213. The minimum atomic E-state index is 0.568. The summed E-state index contributed by atoms with van der Waals surface area (Å²) in [7, 11) is 0. The summed E-state index contributed by atoms with van der Waals surface area (Å²) in [6, 6.07) is 46.7. The number of rotatable bonds is 3. The van der Waals surface area contributed by atoms with E-state index in [0.29, 0.717) is 11.1 Å². The molecule has 0 N–H and O–H groups in total. The Morgan fingerprint density at radius 2 is 1.00 bits per heavy atom. The summed E-state index contributed by atoms with van der Waals surface area (Å²) in [4.78, 5) is 0. The number of nitrogens with zero attached hydrogens (tertiary/aromatic N) is 2. The van der Waals surface area contributed by atoms with Crippen LogP contribution in [-0.2, 0) is 0 Å². The van der Waals surface area contributed by atoms with Crippen molar-refractivity contribution in [1.29, 1.82) is 10.5 Å². The average Bonchev–Trinajstić information content (AvgIpc) is 3.61. The summed E-state index contributed by atoms with van der Waals surface area (Å²) in [5.74, 6) is 0. The van der Waals surface area contributed by atoms with E-state index in [-0.39, 0.29) is 0 Å². The van der Waals surface area contributed by atoms with Gasteiger partial charge in [0.2, 0.25) is 0 Å². The molecule has 0 aliphatic heterocycles. The van der Waals surface area contributed by atoms with Crippen LogP contribution in [-0.4, -0.2) is 0 Å². The van der Waals surface area contributed by atoms with Crippen LogP contribution in [0.4, 0.5) is 0 Å². The molecule has 0 unspecified atom stereocenters. The lowest BCUT2D eigenvalue weighted by Crippen LogP contribution is -1.95. The van der Waals surface area contributed by atoms with Crippen LogP contribution in [0.15, 0.2) is 121 Å². The van der Waals surface area contributed by atoms with E-state index in [1.807, 2.05) is 18.2 Å². The minimum absolute atomic E-state index is 0.568. The number of hydrogen-bond donors (Lipinski definition) is 0.